The number of nitro benzene ring substituents is 1. The summed E-state index contributed by atoms with van der Waals surface area (Å²) >= 11 is 0. The van der Waals surface area contributed by atoms with Gasteiger partial charge in [0.15, 0.2) is 0 Å². The molecule has 0 aromatic heterocycles. The molecule has 0 spiro atoms. The third-order valence-electron chi connectivity index (χ3n) is 4.47. The molecule has 2 aromatic carbocycles. The minimum Gasteiger partial charge on any atom is -0.271 e. The third-order valence-corrected chi connectivity index (χ3v) is 6.37. The zero-order chi connectivity index (χ0) is 20.3. The molecule has 3 rings (SSSR count). The van der Waals surface area contributed by atoms with Gasteiger partial charge >= 0.3 is 0 Å². The number of hydrazone groups is 1. The minimum atomic E-state index is -3.76. The lowest BCUT2D eigenvalue weighted by molar-refractivity contribution is -0.384. The maximum atomic E-state index is 13.0. The van der Waals surface area contributed by atoms with Crippen molar-refractivity contribution in [1.29, 1.82) is 0 Å². The SMILES string of the molecule is C/C(=N/Nc1ccc(S(=O)(=O)N2CCCC2)cc1[N+](=O)[O-])c1ccc(F)cc1. The van der Waals surface area contributed by atoms with Crippen LogP contribution in [0.2, 0.25) is 0 Å². The molecule has 8 nitrogen and oxygen atoms in total. The predicted molar refractivity (Wildman–Crippen MR) is 103 cm³/mol. The number of nitro groups is 1. The maximum absolute atomic E-state index is 13.0. The highest BCUT2D eigenvalue weighted by atomic mass is 32.2. The molecule has 0 unspecified atom stereocenters. The number of anilines is 1. The summed E-state index contributed by atoms with van der Waals surface area (Å²) in [7, 11) is -3.76. The van der Waals surface area contributed by atoms with E-state index in [-0.39, 0.29) is 16.4 Å². The van der Waals surface area contributed by atoms with Gasteiger partial charge in [0.1, 0.15) is 11.5 Å². The van der Waals surface area contributed by atoms with Gasteiger partial charge in [0.05, 0.1) is 15.5 Å². The number of nitrogens with zero attached hydrogens (tertiary/aromatic N) is 3. The van der Waals surface area contributed by atoms with Crippen LogP contribution in [0, 0.1) is 15.9 Å². The smallest absolute Gasteiger partial charge is 0.271 e. The number of halogens is 1. The van der Waals surface area contributed by atoms with Crippen LogP contribution in [-0.4, -0.2) is 36.4 Å². The first-order valence-electron chi connectivity index (χ1n) is 8.64. The fraction of sp³-hybridized carbons (Fsp3) is 0.278. The lowest BCUT2D eigenvalue weighted by Gasteiger charge is -2.15. The molecule has 1 saturated heterocycles. The van der Waals surface area contributed by atoms with Crippen LogP contribution >= 0.6 is 0 Å². The van der Waals surface area contributed by atoms with Gasteiger partial charge in [-0.2, -0.15) is 9.41 Å². The van der Waals surface area contributed by atoms with E-state index in [1.807, 2.05) is 0 Å². The molecule has 1 N–H and O–H groups in total. The summed E-state index contributed by atoms with van der Waals surface area (Å²) in [4.78, 5) is 10.7. The molecule has 0 aliphatic carbocycles. The van der Waals surface area contributed by atoms with Crippen molar-refractivity contribution in [2.24, 2.45) is 5.10 Å². The number of nitrogens with one attached hydrogen (secondary N) is 1. The molecule has 1 heterocycles. The molecule has 0 radical (unpaired) electrons. The van der Waals surface area contributed by atoms with Crippen LogP contribution in [0.3, 0.4) is 0 Å². The van der Waals surface area contributed by atoms with Crippen molar-refractivity contribution in [3.63, 3.8) is 0 Å². The number of rotatable bonds is 6. The lowest BCUT2D eigenvalue weighted by atomic mass is 10.1. The monoisotopic (exact) mass is 406 g/mol. The van der Waals surface area contributed by atoms with Crippen molar-refractivity contribution in [2.75, 3.05) is 18.5 Å². The standard InChI is InChI=1S/C18H19FN4O4S/c1-13(14-4-6-15(19)7-5-14)20-21-17-9-8-16(12-18(17)23(24)25)28(26,27)22-10-2-3-11-22/h4-9,12,21H,2-3,10-11H2,1H3/b20-13-. The van der Waals surface area contributed by atoms with E-state index in [9.17, 15) is 22.9 Å². The van der Waals surface area contributed by atoms with E-state index in [0.717, 1.165) is 18.9 Å². The van der Waals surface area contributed by atoms with Crippen LogP contribution in [0.15, 0.2) is 52.5 Å². The molecule has 148 valence electrons. The van der Waals surface area contributed by atoms with Gasteiger partial charge in [-0.1, -0.05) is 12.1 Å². The van der Waals surface area contributed by atoms with E-state index < -0.39 is 20.6 Å². The molecular weight excluding hydrogens is 387 g/mol. The Morgan fingerprint density at radius 1 is 1.18 bits per heavy atom. The second-order valence-corrected chi connectivity index (χ2v) is 8.30. The molecule has 28 heavy (non-hydrogen) atoms. The van der Waals surface area contributed by atoms with Crippen LogP contribution in [-0.2, 0) is 10.0 Å². The molecule has 0 atom stereocenters. The number of hydrogen-bond acceptors (Lipinski definition) is 6. The van der Waals surface area contributed by atoms with Gasteiger partial charge in [-0.05, 0) is 49.6 Å². The summed E-state index contributed by atoms with van der Waals surface area (Å²) in [5.74, 6) is -0.380. The van der Waals surface area contributed by atoms with Gasteiger partial charge in [-0.25, -0.2) is 12.8 Å². The Balaban J connectivity index is 1.88. The van der Waals surface area contributed by atoms with Gasteiger partial charge in [-0.15, -0.1) is 0 Å². The van der Waals surface area contributed by atoms with Crippen LogP contribution in [0.5, 0.6) is 0 Å². The zero-order valence-electron chi connectivity index (χ0n) is 15.1. The molecule has 1 aliphatic rings. The summed E-state index contributed by atoms with van der Waals surface area (Å²) in [6.45, 7) is 2.49. The first-order valence-corrected chi connectivity index (χ1v) is 10.1. The largest absolute Gasteiger partial charge is 0.295 e. The van der Waals surface area contributed by atoms with Gasteiger partial charge in [0.2, 0.25) is 10.0 Å². The fourth-order valence-corrected chi connectivity index (χ4v) is 4.43. The molecular formula is C18H19FN4O4S. The highest BCUT2D eigenvalue weighted by molar-refractivity contribution is 7.89. The summed E-state index contributed by atoms with van der Waals surface area (Å²) < 4.78 is 39.6. The Bertz CT molecular complexity index is 1020. The van der Waals surface area contributed by atoms with Crippen LogP contribution in [0.25, 0.3) is 0 Å². The molecule has 2 aromatic rings. The van der Waals surface area contributed by atoms with E-state index in [1.54, 1.807) is 6.92 Å². The van der Waals surface area contributed by atoms with Crippen LogP contribution in [0.1, 0.15) is 25.3 Å². The third kappa shape index (κ3) is 4.18. The molecule has 0 amide bonds. The number of sulfonamides is 1. The van der Waals surface area contributed by atoms with Crippen molar-refractivity contribution in [2.45, 2.75) is 24.7 Å². The number of benzene rings is 2. The second kappa shape index (κ2) is 8.03. The molecule has 1 aliphatic heterocycles. The van der Waals surface area contributed by atoms with E-state index in [4.69, 9.17) is 0 Å². The Hall–Kier alpha value is -2.85. The maximum Gasteiger partial charge on any atom is 0.295 e. The summed E-state index contributed by atoms with van der Waals surface area (Å²) in [6, 6.07) is 9.34. The van der Waals surface area contributed by atoms with Gasteiger partial charge in [0, 0.05) is 19.2 Å². The van der Waals surface area contributed by atoms with E-state index in [1.165, 1.54) is 40.7 Å². The molecule has 0 bridgehead atoms. The topological polar surface area (TPSA) is 105 Å². The van der Waals surface area contributed by atoms with Crippen molar-refractivity contribution in [3.8, 4) is 0 Å². The molecule has 0 saturated carbocycles. The molecule has 10 heteroatoms. The Morgan fingerprint density at radius 2 is 1.82 bits per heavy atom. The quantitative estimate of drug-likeness (QED) is 0.450. The van der Waals surface area contributed by atoms with Crippen molar-refractivity contribution >= 4 is 27.1 Å². The van der Waals surface area contributed by atoms with Crippen molar-refractivity contribution in [3.05, 3.63) is 64.0 Å². The number of hydrogen-bond donors (Lipinski definition) is 1. The second-order valence-electron chi connectivity index (χ2n) is 6.36. The van der Waals surface area contributed by atoms with E-state index in [0.29, 0.717) is 24.4 Å². The minimum absolute atomic E-state index is 0.0619. The predicted octanol–water partition coefficient (Wildman–Crippen LogP) is 3.35. The Kier molecular flexibility index (Phi) is 5.71. The first kappa shape index (κ1) is 19.9. The van der Waals surface area contributed by atoms with E-state index in [2.05, 4.69) is 10.5 Å². The fourth-order valence-electron chi connectivity index (χ4n) is 2.89. The van der Waals surface area contributed by atoms with Crippen molar-refractivity contribution < 1.29 is 17.7 Å². The van der Waals surface area contributed by atoms with Gasteiger partial charge in [-0.3, -0.25) is 15.5 Å². The summed E-state index contributed by atoms with van der Waals surface area (Å²) in [5.41, 5.74) is 3.40. The Labute approximate surface area is 161 Å². The van der Waals surface area contributed by atoms with Gasteiger partial charge in [0.25, 0.3) is 5.69 Å². The van der Waals surface area contributed by atoms with Gasteiger partial charge < -0.3 is 0 Å². The van der Waals surface area contributed by atoms with Crippen molar-refractivity contribution in [1.82, 2.24) is 4.31 Å². The van der Waals surface area contributed by atoms with Crippen LogP contribution in [0.4, 0.5) is 15.8 Å². The Morgan fingerprint density at radius 3 is 2.43 bits per heavy atom. The zero-order valence-corrected chi connectivity index (χ0v) is 15.9. The highest BCUT2D eigenvalue weighted by Gasteiger charge is 2.29. The normalized spacial score (nSPS) is 15.6. The average Bonchev–Trinajstić information content (AvgIpc) is 3.22. The average molecular weight is 406 g/mol. The van der Waals surface area contributed by atoms with Crippen LogP contribution < -0.4 is 5.43 Å². The van der Waals surface area contributed by atoms with E-state index >= 15 is 0 Å². The summed E-state index contributed by atoms with van der Waals surface area (Å²) in [6.07, 6.45) is 1.55. The summed E-state index contributed by atoms with van der Waals surface area (Å²) in [5, 5.41) is 15.5. The molecule has 1 fully saturated rings. The lowest BCUT2D eigenvalue weighted by Crippen LogP contribution is -2.27. The highest BCUT2D eigenvalue weighted by Crippen LogP contribution is 2.30. The first-order chi connectivity index (χ1) is 13.3.